The Balaban J connectivity index is 1.14. The summed E-state index contributed by atoms with van der Waals surface area (Å²) < 4.78 is 5.62. The van der Waals surface area contributed by atoms with Crippen molar-refractivity contribution in [3.63, 3.8) is 0 Å². The number of fused-ring (bicyclic) bond motifs is 2. The van der Waals surface area contributed by atoms with Crippen LogP contribution in [0.15, 0.2) is 24.3 Å². The fraction of sp³-hybridized carbons (Fsp3) is 0.741. The minimum atomic E-state index is -0.0155. The minimum absolute atomic E-state index is 0.0155. The molecule has 0 spiro atoms. The number of hydrogen-bond acceptors (Lipinski definition) is 3. The molecule has 6 bridgehead atoms. The first-order valence-electron chi connectivity index (χ1n) is 12.8. The smallest absolute Gasteiger partial charge is 0.226 e. The lowest BCUT2D eigenvalue weighted by Gasteiger charge is -2.56. The molecule has 2 heterocycles. The number of ether oxygens (including phenoxy) is 1. The molecule has 1 aromatic carbocycles. The number of amides is 1. The van der Waals surface area contributed by atoms with Gasteiger partial charge in [0.2, 0.25) is 5.91 Å². The van der Waals surface area contributed by atoms with Gasteiger partial charge in [-0.15, -0.1) is 0 Å². The summed E-state index contributed by atoms with van der Waals surface area (Å²) in [4.78, 5) is 16.3. The molecule has 4 aliphatic carbocycles. The molecule has 1 aromatic rings. The average Bonchev–Trinajstić information content (AvgIpc) is 2.73. The Morgan fingerprint density at radius 3 is 2.23 bits per heavy atom. The van der Waals surface area contributed by atoms with Gasteiger partial charge in [-0.25, -0.2) is 0 Å². The summed E-state index contributed by atoms with van der Waals surface area (Å²) in [6.45, 7) is 0.967. The molecule has 1 unspecified atom stereocenters. The number of para-hydroxylation sites is 1. The van der Waals surface area contributed by atoms with Crippen LogP contribution in [-0.4, -0.2) is 36.0 Å². The second-order valence-electron chi connectivity index (χ2n) is 11.6. The van der Waals surface area contributed by atoms with Crippen LogP contribution in [0, 0.1) is 23.2 Å². The molecule has 3 atom stereocenters. The van der Waals surface area contributed by atoms with Crippen molar-refractivity contribution in [1.29, 1.82) is 0 Å². The molecule has 0 aromatic heterocycles. The van der Waals surface area contributed by atoms with Crippen LogP contribution >= 0.6 is 0 Å². The summed E-state index contributed by atoms with van der Waals surface area (Å²) in [5, 5.41) is 3.62. The van der Waals surface area contributed by atoms with E-state index in [0.29, 0.717) is 24.0 Å². The maximum Gasteiger partial charge on any atom is 0.226 e. The zero-order valence-electron chi connectivity index (χ0n) is 19.0. The van der Waals surface area contributed by atoms with Crippen molar-refractivity contribution in [2.24, 2.45) is 23.2 Å². The maximum absolute atomic E-state index is 13.6. The maximum atomic E-state index is 13.6. The van der Waals surface area contributed by atoms with Gasteiger partial charge in [-0.1, -0.05) is 24.6 Å². The number of nitrogens with zero attached hydrogens (tertiary/aromatic N) is 1. The largest absolute Gasteiger partial charge is 0.496 e. The fourth-order valence-electron chi connectivity index (χ4n) is 8.61. The van der Waals surface area contributed by atoms with Gasteiger partial charge >= 0.3 is 0 Å². The zero-order valence-corrected chi connectivity index (χ0v) is 19.0. The topological polar surface area (TPSA) is 41.6 Å². The summed E-state index contributed by atoms with van der Waals surface area (Å²) in [6, 6.07) is 9.98. The van der Waals surface area contributed by atoms with E-state index in [1.807, 2.05) is 0 Å². The third kappa shape index (κ3) is 3.59. The molecular formula is C27H38N2O2. The minimum Gasteiger partial charge on any atom is -0.496 e. The molecule has 7 rings (SSSR count). The van der Waals surface area contributed by atoms with Crippen molar-refractivity contribution in [2.45, 2.75) is 95.3 Å². The first-order valence-corrected chi connectivity index (χ1v) is 12.8. The molecule has 4 heteroatoms. The summed E-state index contributed by atoms with van der Waals surface area (Å²) in [6.07, 6.45) is 13.8. The van der Waals surface area contributed by atoms with Gasteiger partial charge < -0.3 is 10.1 Å². The predicted molar refractivity (Wildman–Crippen MR) is 122 cm³/mol. The number of hydrogen-bond donors (Lipinski definition) is 1. The van der Waals surface area contributed by atoms with Crippen LogP contribution in [0.25, 0.3) is 0 Å². The molecule has 1 amide bonds. The highest BCUT2D eigenvalue weighted by molar-refractivity contribution is 5.83. The van der Waals surface area contributed by atoms with Crippen LogP contribution in [0.3, 0.4) is 0 Å². The van der Waals surface area contributed by atoms with Gasteiger partial charge in [-0.3, -0.25) is 9.69 Å². The molecule has 31 heavy (non-hydrogen) atoms. The van der Waals surface area contributed by atoms with Gasteiger partial charge in [0.1, 0.15) is 5.75 Å². The van der Waals surface area contributed by atoms with E-state index >= 15 is 0 Å². The highest BCUT2D eigenvalue weighted by Gasteiger charge is 2.55. The Hall–Kier alpha value is -1.55. The number of nitrogens with one attached hydrogen (secondary N) is 1. The summed E-state index contributed by atoms with van der Waals surface area (Å²) in [5.74, 6) is 3.92. The van der Waals surface area contributed by atoms with Gasteiger partial charge in [0.15, 0.2) is 0 Å². The van der Waals surface area contributed by atoms with E-state index in [2.05, 4.69) is 34.5 Å². The molecular weight excluding hydrogens is 384 g/mol. The average molecular weight is 423 g/mol. The molecule has 168 valence electrons. The van der Waals surface area contributed by atoms with Crippen molar-refractivity contribution in [3.8, 4) is 5.75 Å². The van der Waals surface area contributed by atoms with Crippen LogP contribution in [-0.2, 0) is 11.3 Å². The lowest BCUT2D eigenvalue weighted by molar-refractivity contribution is -0.147. The number of carbonyl (C=O) groups is 1. The molecule has 4 saturated carbocycles. The van der Waals surface area contributed by atoms with Crippen molar-refractivity contribution in [3.05, 3.63) is 29.8 Å². The first kappa shape index (κ1) is 20.1. The summed E-state index contributed by atoms with van der Waals surface area (Å²) in [7, 11) is 1.77. The van der Waals surface area contributed by atoms with E-state index < -0.39 is 0 Å². The van der Waals surface area contributed by atoms with E-state index in [1.165, 1.54) is 63.4 Å². The van der Waals surface area contributed by atoms with E-state index in [4.69, 9.17) is 4.74 Å². The molecule has 2 aliphatic heterocycles. The quantitative estimate of drug-likeness (QED) is 0.733. The standard InChI is InChI=1S/C27H38N2O2/c1-31-25-8-3-2-5-21(25)17-29-23-6-4-7-24(29)13-22(12-23)28-26(30)27-14-18-9-19(15-27)11-20(10-18)16-27/h2-3,5,8,18-20,22-24H,4,6-7,9-17H2,1H3,(H,28,30)/t18?,19?,20?,22?,23-,24+,27?. The van der Waals surface area contributed by atoms with Crippen molar-refractivity contribution < 1.29 is 9.53 Å². The van der Waals surface area contributed by atoms with Crippen molar-refractivity contribution in [1.82, 2.24) is 10.2 Å². The molecule has 4 nitrogen and oxygen atoms in total. The predicted octanol–water partition coefficient (Wildman–Crippen LogP) is 4.91. The van der Waals surface area contributed by atoms with E-state index in [1.54, 1.807) is 7.11 Å². The van der Waals surface area contributed by atoms with Gasteiger partial charge in [-0.2, -0.15) is 0 Å². The van der Waals surface area contributed by atoms with E-state index in [9.17, 15) is 4.79 Å². The molecule has 6 fully saturated rings. The third-order valence-electron chi connectivity index (χ3n) is 9.53. The third-order valence-corrected chi connectivity index (χ3v) is 9.53. The fourth-order valence-corrected chi connectivity index (χ4v) is 8.61. The van der Waals surface area contributed by atoms with Gasteiger partial charge in [0.05, 0.1) is 7.11 Å². The first-order chi connectivity index (χ1) is 15.1. The molecule has 1 N–H and O–H groups in total. The van der Waals surface area contributed by atoms with E-state index in [-0.39, 0.29) is 5.41 Å². The second-order valence-corrected chi connectivity index (χ2v) is 11.6. The normalized spacial score (nSPS) is 41.2. The van der Waals surface area contributed by atoms with E-state index in [0.717, 1.165) is 42.9 Å². The van der Waals surface area contributed by atoms with Crippen molar-refractivity contribution >= 4 is 5.91 Å². The lowest BCUT2D eigenvalue weighted by Crippen LogP contribution is -2.60. The van der Waals surface area contributed by atoms with Crippen LogP contribution in [0.2, 0.25) is 0 Å². The SMILES string of the molecule is COc1ccccc1CN1[C@@H]2CCC[C@H]1CC(NC(=O)C13CC4CC(CC(C4)C1)C3)C2. The summed E-state index contributed by atoms with van der Waals surface area (Å²) in [5.41, 5.74) is 1.27. The van der Waals surface area contributed by atoms with Crippen LogP contribution in [0.4, 0.5) is 0 Å². The molecule has 2 saturated heterocycles. The number of methoxy groups -OCH3 is 1. The van der Waals surface area contributed by atoms with Crippen molar-refractivity contribution in [2.75, 3.05) is 7.11 Å². The number of benzene rings is 1. The number of rotatable bonds is 5. The Labute approximate surface area is 187 Å². The highest BCUT2D eigenvalue weighted by Crippen LogP contribution is 2.60. The molecule has 0 radical (unpaired) electrons. The molecule has 6 aliphatic rings. The van der Waals surface area contributed by atoms with Gasteiger partial charge in [0, 0.05) is 35.6 Å². The Morgan fingerprint density at radius 2 is 1.61 bits per heavy atom. The summed E-state index contributed by atoms with van der Waals surface area (Å²) >= 11 is 0. The van der Waals surface area contributed by atoms with Gasteiger partial charge in [0.25, 0.3) is 0 Å². The number of piperidine rings is 2. The highest BCUT2D eigenvalue weighted by atomic mass is 16.5. The Kier molecular flexibility index (Phi) is 5.05. The van der Waals surface area contributed by atoms with Crippen LogP contribution in [0.5, 0.6) is 5.75 Å². The van der Waals surface area contributed by atoms with Crippen LogP contribution < -0.4 is 10.1 Å². The Morgan fingerprint density at radius 1 is 1.00 bits per heavy atom. The zero-order chi connectivity index (χ0) is 21.0. The Bertz CT molecular complexity index is 787. The lowest BCUT2D eigenvalue weighted by atomic mass is 9.49. The monoisotopic (exact) mass is 422 g/mol. The van der Waals surface area contributed by atoms with Crippen LogP contribution in [0.1, 0.15) is 76.2 Å². The number of carbonyl (C=O) groups excluding carboxylic acids is 1. The van der Waals surface area contributed by atoms with Gasteiger partial charge in [-0.05, 0) is 88.0 Å². The second kappa shape index (κ2) is 7.79.